The van der Waals surface area contributed by atoms with Gasteiger partial charge in [-0.1, -0.05) is 26.2 Å². The van der Waals surface area contributed by atoms with Crippen LogP contribution in [-0.4, -0.2) is 44.3 Å². The van der Waals surface area contributed by atoms with Crippen molar-refractivity contribution in [2.24, 2.45) is 17.8 Å². The number of carboxylic acid groups (broad SMARTS) is 4. The summed E-state index contributed by atoms with van der Waals surface area (Å²) < 4.78 is 0. The largest absolute Gasteiger partial charge is 0.481 e. The van der Waals surface area contributed by atoms with E-state index in [2.05, 4.69) is 0 Å². The van der Waals surface area contributed by atoms with Crippen LogP contribution in [0.2, 0.25) is 0 Å². The summed E-state index contributed by atoms with van der Waals surface area (Å²) in [7, 11) is 0. The first-order chi connectivity index (χ1) is 11.2. The molecule has 0 aromatic heterocycles. The van der Waals surface area contributed by atoms with Crippen molar-refractivity contribution in [2.75, 3.05) is 0 Å². The van der Waals surface area contributed by atoms with E-state index in [1.807, 2.05) is 6.92 Å². The summed E-state index contributed by atoms with van der Waals surface area (Å²) >= 11 is 0. The van der Waals surface area contributed by atoms with Crippen molar-refractivity contribution in [3.8, 4) is 0 Å². The first kappa shape index (κ1) is 21.9. The zero-order chi connectivity index (χ0) is 18.7. The Bertz CT molecular complexity index is 445. The summed E-state index contributed by atoms with van der Waals surface area (Å²) in [5, 5.41) is 35.7. The predicted octanol–water partition coefficient (Wildman–Crippen LogP) is 2.31. The molecular formula is C16H26O8. The van der Waals surface area contributed by atoms with Crippen molar-refractivity contribution in [2.45, 2.75) is 58.3 Å². The lowest BCUT2D eigenvalue weighted by Crippen LogP contribution is -2.26. The van der Waals surface area contributed by atoms with Crippen molar-refractivity contribution in [1.29, 1.82) is 0 Å². The fraction of sp³-hybridized carbons (Fsp3) is 0.750. The van der Waals surface area contributed by atoms with E-state index in [1.165, 1.54) is 0 Å². The van der Waals surface area contributed by atoms with Crippen LogP contribution in [0, 0.1) is 17.8 Å². The Hall–Kier alpha value is -2.12. The number of carbonyl (C=O) groups is 4. The quantitative estimate of drug-likeness (QED) is 0.350. The van der Waals surface area contributed by atoms with E-state index in [4.69, 9.17) is 15.3 Å². The van der Waals surface area contributed by atoms with Crippen LogP contribution in [0.15, 0.2) is 0 Å². The van der Waals surface area contributed by atoms with Crippen LogP contribution >= 0.6 is 0 Å². The van der Waals surface area contributed by atoms with Crippen molar-refractivity contribution in [1.82, 2.24) is 0 Å². The molecule has 0 saturated heterocycles. The normalized spacial score (nSPS) is 14.5. The fourth-order valence-electron chi connectivity index (χ4n) is 2.88. The Morgan fingerprint density at radius 3 is 1.71 bits per heavy atom. The molecule has 0 aliphatic heterocycles. The van der Waals surface area contributed by atoms with E-state index >= 15 is 0 Å². The van der Waals surface area contributed by atoms with Gasteiger partial charge in [0.1, 0.15) is 0 Å². The Morgan fingerprint density at radius 1 is 0.750 bits per heavy atom. The maximum Gasteiger partial charge on any atom is 0.307 e. The molecule has 0 aliphatic rings. The first-order valence-electron chi connectivity index (χ1n) is 8.08. The maximum atomic E-state index is 11.3. The van der Waals surface area contributed by atoms with Gasteiger partial charge >= 0.3 is 23.9 Å². The van der Waals surface area contributed by atoms with Gasteiger partial charge < -0.3 is 20.4 Å². The lowest BCUT2D eigenvalue weighted by molar-refractivity contribution is -0.150. The molecule has 0 saturated carbocycles. The van der Waals surface area contributed by atoms with Gasteiger partial charge in [0.25, 0.3) is 0 Å². The molecule has 0 amide bonds. The van der Waals surface area contributed by atoms with Crippen LogP contribution in [0.4, 0.5) is 0 Å². The summed E-state index contributed by atoms with van der Waals surface area (Å²) in [6.07, 6.45) is 2.13. The number of carboxylic acids is 4. The number of hydrogen-bond donors (Lipinski definition) is 4. The molecule has 0 radical (unpaired) electrons. The summed E-state index contributed by atoms with van der Waals surface area (Å²) in [5.41, 5.74) is 0. The van der Waals surface area contributed by atoms with Crippen LogP contribution < -0.4 is 0 Å². The van der Waals surface area contributed by atoms with Crippen molar-refractivity contribution in [3.05, 3.63) is 0 Å². The van der Waals surface area contributed by atoms with E-state index in [9.17, 15) is 24.3 Å². The molecule has 0 rings (SSSR count). The van der Waals surface area contributed by atoms with E-state index < -0.39 is 48.6 Å². The van der Waals surface area contributed by atoms with Gasteiger partial charge in [0, 0.05) is 0 Å². The Balaban J connectivity index is 4.56. The Kier molecular flexibility index (Phi) is 10.4. The average Bonchev–Trinajstić information content (AvgIpc) is 2.45. The second-order valence-corrected chi connectivity index (χ2v) is 6.01. The van der Waals surface area contributed by atoms with Crippen LogP contribution in [0.3, 0.4) is 0 Å². The van der Waals surface area contributed by atoms with Crippen molar-refractivity contribution >= 4 is 23.9 Å². The van der Waals surface area contributed by atoms with Gasteiger partial charge in [0.15, 0.2) is 0 Å². The van der Waals surface area contributed by atoms with Crippen LogP contribution in [0.25, 0.3) is 0 Å². The lowest BCUT2D eigenvalue weighted by Gasteiger charge is -2.22. The zero-order valence-corrected chi connectivity index (χ0v) is 13.8. The topological polar surface area (TPSA) is 149 Å². The van der Waals surface area contributed by atoms with E-state index in [1.54, 1.807) is 0 Å². The van der Waals surface area contributed by atoms with Gasteiger partial charge in [-0.3, -0.25) is 19.2 Å². The minimum atomic E-state index is -1.17. The highest BCUT2D eigenvalue weighted by Crippen LogP contribution is 2.28. The predicted molar refractivity (Wildman–Crippen MR) is 83.6 cm³/mol. The highest BCUT2D eigenvalue weighted by Gasteiger charge is 2.29. The molecule has 4 N–H and O–H groups in total. The number of aliphatic carboxylic acids is 4. The Labute approximate surface area is 140 Å². The van der Waals surface area contributed by atoms with Gasteiger partial charge in [0.05, 0.1) is 24.7 Å². The van der Waals surface area contributed by atoms with Crippen LogP contribution in [0.1, 0.15) is 58.3 Å². The summed E-state index contributed by atoms with van der Waals surface area (Å²) in [5.74, 6) is -6.82. The third-order valence-electron chi connectivity index (χ3n) is 4.09. The van der Waals surface area contributed by atoms with Gasteiger partial charge in [0.2, 0.25) is 0 Å². The molecule has 0 bridgehead atoms. The number of unbranched alkanes of at least 4 members (excludes halogenated alkanes) is 1. The summed E-state index contributed by atoms with van der Waals surface area (Å²) in [4.78, 5) is 43.7. The molecule has 0 spiro atoms. The molecular weight excluding hydrogens is 320 g/mol. The molecule has 3 atom stereocenters. The summed E-state index contributed by atoms with van der Waals surface area (Å²) in [6, 6.07) is 0. The SMILES string of the molecule is CCCC(CCCCC(CC(=O)O)C(=O)O)C(CC(=O)O)C(=O)O. The number of hydrogen-bond acceptors (Lipinski definition) is 4. The molecule has 8 heteroatoms. The first-order valence-corrected chi connectivity index (χ1v) is 8.08. The molecule has 0 heterocycles. The maximum absolute atomic E-state index is 11.3. The monoisotopic (exact) mass is 346 g/mol. The van der Waals surface area contributed by atoms with Crippen LogP contribution in [0.5, 0.6) is 0 Å². The second kappa shape index (κ2) is 11.4. The molecule has 0 fully saturated rings. The standard InChI is InChI=1S/C16H26O8/c1-2-5-10(12(16(23)24)9-14(19)20)6-3-4-7-11(15(21)22)8-13(17)18/h10-12H,2-9H2,1H3,(H,17,18)(H,19,20)(H,21,22)(H,23,24). The third kappa shape index (κ3) is 9.12. The van der Waals surface area contributed by atoms with E-state index in [-0.39, 0.29) is 12.3 Å². The summed E-state index contributed by atoms with van der Waals surface area (Å²) in [6.45, 7) is 1.89. The lowest BCUT2D eigenvalue weighted by atomic mass is 9.82. The minimum absolute atomic E-state index is 0.206. The highest BCUT2D eigenvalue weighted by molar-refractivity contribution is 5.78. The zero-order valence-electron chi connectivity index (χ0n) is 13.8. The smallest absolute Gasteiger partial charge is 0.307 e. The number of rotatable bonds is 14. The molecule has 138 valence electrons. The van der Waals surface area contributed by atoms with Gasteiger partial charge in [-0.25, -0.2) is 0 Å². The molecule has 24 heavy (non-hydrogen) atoms. The van der Waals surface area contributed by atoms with Crippen molar-refractivity contribution < 1.29 is 39.6 Å². The van der Waals surface area contributed by atoms with E-state index in [0.29, 0.717) is 25.7 Å². The molecule has 0 aromatic carbocycles. The van der Waals surface area contributed by atoms with Gasteiger partial charge in [-0.2, -0.15) is 0 Å². The highest BCUT2D eigenvalue weighted by atomic mass is 16.4. The average molecular weight is 346 g/mol. The van der Waals surface area contributed by atoms with Crippen LogP contribution in [-0.2, 0) is 19.2 Å². The second-order valence-electron chi connectivity index (χ2n) is 6.01. The molecule has 3 unspecified atom stereocenters. The molecule has 0 aromatic rings. The Morgan fingerprint density at radius 2 is 1.29 bits per heavy atom. The third-order valence-corrected chi connectivity index (χ3v) is 4.09. The van der Waals surface area contributed by atoms with Gasteiger partial charge in [-0.05, 0) is 25.2 Å². The van der Waals surface area contributed by atoms with Gasteiger partial charge in [-0.15, -0.1) is 0 Å². The molecule has 0 aliphatic carbocycles. The van der Waals surface area contributed by atoms with Crippen molar-refractivity contribution in [3.63, 3.8) is 0 Å². The van der Waals surface area contributed by atoms with E-state index in [0.717, 1.165) is 6.42 Å². The molecule has 8 nitrogen and oxygen atoms in total. The minimum Gasteiger partial charge on any atom is -0.481 e. The fourth-order valence-corrected chi connectivity index (χ4v) is 2.88.